The Balaban J connectivity index is 2.61. The molecule has 1 aromatic rings. The van der Waals surface area contributed by atoms with Gasteiger partial charge < -0.3 is 14.8 Å². The fraction of sp³-hybridized carbons (Fsp3) is 0.500. The Morgan fingerprint density at radius 2 is 2.12 bits per heavy atom. The van der Waals surface area contributed by atoms with Crippen LogP contribution in [0.2, 0.25) is 0 Å². The highest BCUT2D eigenvalue weighted by Gasteiger charge is 2.08. The van der Waals surface area contributed by atoms with Crippen LogP contribution < -0.4 is 10.1 Å². The lowest BCUT2D eigenvalue weighted by Gasteiger charge is -2.11. The number of methoxy groups -OCH3 is 1. The Bertz CT molecular complexity index is 318. The SMILES string of the molecule is CNCc1cccc(F)c1OCCCOC. The molecule has 0 aliphatic rings. The molecule has 0 unspecified atom stereocenters. The second-order valence-corrected chi connectivity index (χ2v) is 3.45. The highest BCUT2D eigenvalue weighted by atomic mass is 19.1. The van der Waals surface area contributed by atoms with Crippen molar-refractivity contribution in [3.63, 3.8) is 0 Å². The maximum Gasteiger partial charge on any atom is 0.165 e. The summed E-state index contributed by atoms with van der Waals surface area (Å²) in [5.41, 5.74) is 0.833. The Morgan fingerprint density at radius 1 is 1.31 bits per heavy atom. The molecule has 0 bridgehead atoms. The normalized spacial score (nSPS) is 10.4. The molecule has 0 aromatic heterocycles. The number of benzene rings is 1. The van der Waals surface area contributed by atoms with Gasteiger partial charge in [-0.25, -0.2) is 4.39 Å². The topological polar surface area (TPSA) is 30.5 Å². The van der Waals surface area contributed by atoms with Crippen molar-refractivity contribution in [2.75, 3.05) is 27.4 Å². The van der Waals surface area contributed by atoms with E-state index in [1.54, 1.807) is 13.2 Å². The van der Waals surface area contributed by atoms with E-state index in [4.69, 9.17) is 9.47 Å². The number of rotatable bonds is 7. The second kappa shape index (κ2) is 7.19. The van der Waals surface area contributed by atoms with Gasteiger partial charge in [-0.15, -0.1) is 0 Å². The van der Waals surface area contributed by atoms with Gasteiger partial charge in [-0.05, 0) is 13.1 Å². The van der Waals surface area contributed by atoms with Gasteiger partial charge in [0.15, 0.2) is 11.6 Å². The third-order valence-electron chi connectivity index (χ3n) is 2.15. The van der Waals surface area contributed by atoms with Crippen LogP contribution in [0.4, 0.5) is 4.39 Å². The van der Waals surface area contributed by atoms with E-state index in [0.29, 0.717) is 25.5 Å². The first-order chi connectivity index (χ1) is 7.79. The van der Waals surface area contributed by atoms with Crippen molar-refractivity contribution in [2.24, 2.45) is 0 Å². The molecule has 90 valence electrons. The molecule has 3 nitrogen and oxygen atoms in total. The maximum atomic E-state index is 13.5. The lowest BCUT2D eigenvalue weighted by atomic mass is 10.2. The largest absolute Gasteiger partial charge is 0.490 e. The highest BCUT2D eigenvalue weighted by Crippen LogP contribution is 2.22. The zero-order chi connectivity index (χ0) is 11.8. The lowest BCUT2D eigenvalue weighted by molar-refractivity contribution is 0.170. The minimum Gasteiger partial charge on any atom is -0.490 e. The first-order valence-electron chi connectivity index (χ1n) is 5.33. The lowest BCUT2D eigenvalue weighted by Crippen LogP contribution is -2.10. The minimum atomic E-state index is -0.315. The first-order valence-corrected chi connectivity index (χ1v) is 5.33. The smallest absolute Gasteiger partial charge is 0.165 e. The number of nitrogens with one attached hydrogen (secondary N) is 1. The van der Waals surface area contributed by atoms with E-state index < -0.39 is 0 Å². The van der Waals surface area contributed by atoms with E-state index in [1.165, 1.54) is 6.07 Å². The van der Waals surface area contributed by atoms with Crippen LogP contribution in [0.25, 0.3) is 0 Å². The molecule has 0 radical (unpaired) electrons. The molecule has 1 rings (SSSR count). The van der Waals surface area contributed by atoms with Crippen LogP contribution >= 0.6 is 0 Å². The van der Waals surface area contributed by atoms with Crippen LogP contribution in [0.1, 0.15) is 12.0 Å². The molecule has 1 aromatic carbocycles. The van der Waals surface area contributed by atoms with E-state index in [2.05, 4.69) is 5.32 Å². The van der Waals surface area contributed by atoms with Crippen LogP contribution in [-0.4, -0.2) is 27.4 Å². The van der Waals surface area contributed by atoms with Gasteiger partial charge in [-0.3, -0.25) is 0 Å². The number of ether oxygens (including phenoxy) is 2. The summed E-state index contributed by atoms with van der Waals surface area (Å²) in [6.45, 7) is 1.68. The molecule has 0 spiro atoms. The molecule has 0 fully saturated rings. The third kappa shape index (κ3) is 3.79. The predicted octanol–water partition coefficient (Wildman–Crippen LogP) is 1.96. The molecule has 0 heterocycles. The molecule has 0 amide bonds. The Hall–Kier alpha value is -1.13. The number of halogens is 1. The molecular weight excluding hydrogens is 209 g/mol. The highest BCUT2D eigenvalue weighted by molar-refractivity contribution is 5.34. The first kappa shape index (κ1) is 12.9. The maximum absolute atomic E-state index is 13.5. The fourth-order valence-corrected chi connectivity index (χ4v) is 1.42. The van der Waals surface area contributed by atoms with Gasteiger partial charge in [0.2, 0.25) is 0 Å². The number of hydrogen-bond donors (Lipinski definition) is 1. The molecule has 4 heteroatoms. The Morgan fingerprint density at radius 3 is 2.81 bits per heavy atom. The summed E-state index contributed by atoms with van der Waals surface area (Å²) in [7, 11) is 3.45. The predicted molar refractivity (Wildman–Crippen MR) is 61.2 cm³/mol. The van der Waals surface area contributed by atoms with Crippen LogP contribution in [0.15, 0.2) is 18.2 Å². The second-order valence-electron chi connectivity index (χ2n) is 3.45. The molecule has 0 saturated carbocycles. The van der Waals surface area contributed by atoms with Gasteiger partial charge in [0.1, 0.15) is 0 Å². The molecule has 1 N–H and O–H groups in total. The standard InChI is InChI=1S/C12H18FNO2/c1-14-9-10-5-3-6-11(13)12(10)16-8-4-7-15-2/h3,5-6,14H,4,7-9H2,1-2H3. The van der Waals surface area contributed by atoms with Crippen LogP contribution in [-0.2, 0) is 11.3 Å². The molecular formula is C12H18FNO2. The van der Waals surface area contributed by atoms with Gasteiger partial charge in [-0.1, -0.05) is 12.1 Å². The summed E-state index contributed by atoms with van der Waals surface area (Å²) < 4.78 is 23.8. The van der Waals surface area contributed by atoms with Gasteiger partial charge >= 0.3 is 0 Å². The monoisotopic (exact) mass is 227 g/mol. The average Bonchev–Trinajstić information content (AvgIpc) is 2.28. The quantitative estimate of drug-likeness (QED) is 0.722. The van der Waals surface area contributed by atoms with E-state index in [-0.39, 0.29) is 5.82 Å². The summed E-state index contributed by atoms with van der Waals surface area (Å²) in [6, 6.07) is 4.94. The Labute approximate surface area is 95.6 Å². The summed E-state index contributed by atoms with van der Waals surface area (Å²) in [6.07, 6.45) is 0.754. The van der Waals surface area contributed by atoms with Crippen molar-refractivity contribution in [1.29, 1.82) is 0 Å². The summed E-state index contributed by atoms with van der Waals surface area (Å²) in [5, 5.41) is 2.98. The summed E-state index contributed by atoms with van der Waals surface area (Å²) in [5.74, 6) is 0.0260. The van der Waals surface area contributed by atoms with E-state index in [0.717, 1.165) is 12.0 Å². The fourth-order valence-electron chi connectivity index (χ4n) is 1.42. The number of hydrogen-bond acceptors (Lipinski definition) is 3. The summed E-state index contributed by atoms with van der Waals surface area (Å²) in [4.78, 5) is 0. The summed E-state index contributed by atoms with van der Waals surface area (Å²) >= 11 is 0. The van der Waals surface area contributed by atoms with Gasteiger partial charge in [0, 0.05) is 32.2 Å². The van der Waals surface area contributed by atoms with Crippen LogP contribution in [0, 0.1) is 5.82 Å². The van der Waals surface area contributed by atoms with E-state index in [1.807, 2.05) is 13.1 Å². The van der Waals surface area contributed by atoms with Crippen LogP contribution in [0.5, 0.6) is 5.75 Å². The molecule has 0 saturated heterocycles. The Kier molecular flexibility index (Phi) is 5.82. The van der Waals surface area contributed by atoms with E-state index in [9.17, 15) is 4.39 Å². The molecule has 0 atom stereocenters. The average molecular weight is 227 g/mol. The van der Waals surface area contributed by atoms with Gasteiger partial charge in [0.05, 0.1) is 6.61 Å². The van der Waals surface area contributed by atoms with Crippen LogP contribution in [0.3, 0.4) is 0 Å². The molecule has 0 aliphatic carbocycles. The zero-order valence-electron chi connectivity index (χ0n) is 9.75. The molecule has 16 heavy (non-hydrogen) atoms. The van der Waals surface area contributed by atoms with Crippen molar-refractivity contribution in [3.8, 4) is 5.75 Å². The third-order valence-corrected chi connectivity index (χ3v) is 2.15. The minimum absolute atomic E-state index is 0.315. The number of para-hydroxylation sites is 1. The molecule has 0 aliphatic heterocycles. The van der Waals surface area contributed by atoms with Gasteiger partial charge in [-0.2, -0.15) is 0 Å². The zero-order valence-corrected chi connectivity index (χ0v) is 9.75. The van der Waals surface area contributed by atoms with Crippen molar-refractivity contribution >= 4 is 0 Å². The van der Waals surface area contributed by atoms with Crippen molar-refractivity contribution in [1.82, 2.24) is 5.32 Å². The van der Waals surface area contributed by atoms with Crippen molar-refractivity contribution < 1.29 is 13.9 Å². The van der Waals surface area contributed by atoms with Crippen molar-refractivity contribution in [3.05, 3.63) is 29.6 Å². The van der Waals surface area contributed by atoms with Crippen molar-refractivity contribution in [2.45, 2.75) is 13.0 Å². The van der Waals surface area contributed by atoms with Gasteiger partial charge in [0.25, 0.3) is 0 Å². The van der Waals surface area contributed by atoms with E-state index >= 15 is 0 Å².